The fourth-order valence-corrected chi connectivity index (χ4v) is 3.41. The van der Waals surface area contributed by atoms with Gasteiger partial charge >= 0.3 is 0 Å². The molecule has 0 aliphatic carbocycles. The van der Waals surface area contributed by atoms with E-state index in [9.17, 15) is 9.18 Å². The Morgan fingerprint density at radius 2 is 2.14 bits per heavy atom. The molecule has 2 aromatic rings. The molecule has 3 rings (SSSR count). The second kappa shape index (κ2) is 9.84. The number of ether oxygens (including phenoxy) is 3. The highest BCUT2D eigenvalue weighted by Crippen LogP contribution is 2.31. The molecule has 0 radical (unpaired) electrons. The fourth-order valence-electron chi connectivity index (χ4n) is 3.41. The molecule has 1 unspecified atom stereocenters. The largest absolute Gasteiger partial charge is 0.453 e. The monoisotopic (exact) mass is 405 g/mol. The van der Waals surface area contributed by atoms with Crippen LogP contribution in [-0.4, -0.2) is 35.2 Å². The molecule has 8 heteroatoms. The van der Waals surface area contributed by atoms with Crippen LogP contribution in [0.15, 0.2) is 18.2 Å². The molecule has 1 aliphatic rings. The Kier molecular flexibility index (Phi) is 7.22. The summed E-state index contributed by atoms with van der Waals surface area (Å²) >= 11 is 0. The molecule has 1 fully saturated rings. The van der Waals surface area contributed by atoms with Gasteiger partial charge < -0.3 is 19.9 Å². The van der Waals surface area contributed by atoms with E-state index in [1.807, 2.05) is 18.5 Å². The first-order valence-electron chi connectivity index (χ1n) is 10.1. The smallest absolute Gasteiger partial charge is 0.248 e. The summed E-state index contributed by atoms with van der Waals surface area (Å²) in [6.07, 6.45) is 4.30. The summed E-state index contributed by atoms with van der Waals surface area (Å²) in [5.41, 5.74) is 6.99. The summed E-state index contributed by atoms with van der Waals surface area (Å²) < 4.78 is 33.1. The molecular formula is C21H28FN3O4. The van der Waals surface area contributed by atoms with E-state index >= 15 is 0 Å². The Balaban J connectivity index is 1.77. The highest BCUT2D eigenvalue weighted by molar-refractivity contribution is 5.93. The third kappa shape index (κ3) is 5.33. The maximum atomic E-state index is 13.9. The van der Waals surface area contributed by atoms with Crippen LogP contribution in [0.1, 0.15) is 54.9 Å². The van der Waals surface area contributed by atoms with E-state index in [4.69, 9.17) is 19.9 Å². The van der Waals surface area contributed by atoms with Crippen molar-refractivity contribution >= 4 is 5.91 Å². The van der Waals surface area contributed by atoms with Gasteiger partial charge in [0.05, 0.1) is 18.8 Å². The van der Waals surface area contributed by atoms with Crippen LogP contribution in [0.5, 0.6) is 11.5 Å². The summed E-state index contributed by atoms with van der Waals surface area (Å²) in [6.45, 7) is 5.77. The quantitative estimate of drug-likeness (QED) is 0.689. The first-order valence-corrected chi connectivity index (χ1v) is 10.1. The van der Waals surface area contributed by atoms with Crippen molar-refractivity contribution in [2.75, 3.05) is 13.2 Å². The number of hydrogen-bond acceptors (Lipinski definition) is 5. The zero-order valence-electron chi connectivity index (χ0n) is 16.9. The number of carbonyl (C=O) groups excluding carboxylic acids is 1. The van der Waals surface area contributed by atoms with E-state index in [-0.39, 0.29) is 17.6 Å². The Labute approximate surface area is 169 Å². The number of halogens is 1. The van der Waals surface area contributed by atoms with Crippen molar-refractivity contribution in [1.82, 2.24) is 9.78 Å². The predicted molar refractivity (Wildman–Crippen MR) is 106 cm³/mol. The predicted octanol–water partition coefficient (Wildman–Crippen LogP) is 3.58. The Morgan fingerprint density at radius 3 is 2.79 bits per heavy atom. The van der Waals surface area contributed by atoms with Crippen LogP contribution in [0.4, 0.5) is 4.39 Å². The maximum absolute atomic E-state index is 13.9. The molecule has 1 amide bonds. The van der Waals surface area contributed by atoms with Crippen LogP contribution in [0.25, 0.3) is 0 Å². The van der Waals surface area contributed by atoms with Gasteiger partial charge in [-0.25, -0.2) is 4.39 Å². The molecule has 1 aromatic carbocycles. The molecule has 2 heterocycles. The second-order valence-corrected chi connectivity index (χ2v) is 6.96. The molecule has 7 nitrogen and oxygen atoms in total. The van der Waals surface area contributed by atoms with Gasteiger partial charge in [-0.3, -0.25) is 9.48 Å². The SMILES string of the molecule is CCc1nn(CCOC2CCCCO2)c(CC)c1Oc1cc(F)cc(C(N)=O)c1. The zero-order valence-corrected chi connectivity index (χ0v) is 16.9. The zero-order chi connectivity index (χ0) is 20.8. The minimum Gasteiger partial charge on any atom is -0.453 e. The minimum absolute atomic E-state index is 0.0596. The summed E-state index contributed by atoms with van der Waals surface area (Å²) in [7, 11) is 0. The van der Waals surface area contributed by atoms with Gasteiger partial charge in [-0.15, -0.1) is 0 Å². The Morgan fingerprint density at radius 1 is 1.31 bits per heavy atom. The molecule has 29 heavy (non-hydrogen) atoms. The van der Waals surface area contributed by atoms with Gasteiger partial charge in [0.1, 0.15) is 17.3 Å². The molecule has 1 saturated heterocycles. The molecule has 158 valence electrons. The van der Waals surface area contributed by atoms with Crippen molar-refractivity contribution in [3.63, 3.8) is 0 Å². The van der Waals surface area contributed by atoms with Gasteiger partial charge in [0.25, 0.3) is 0 Å². The van der Waals surface area contributed by atoms with Crippen LogP contribution in [-0.2, 0) is 28.9 Å². The lowest BCUT2D eigenvalue weighted by molar-refractivity contribution is -0.163. The standard InChI is InChI=1S/C21H28FN3O4/c1-3-17-20(29-16-12-14(21(23)26)11-15(22)13-16)18(4-2)25(24-17)8-10-28-19-7-5-6-9-27-19/h11-13,19H,3-10H2,1-2H3,(H2,23,26). The number of primary amides is 1. The molecule has 1 aromatic heterocycles. The third-order valence-electron chi connectivity index (χ3n) is 4.87. The van der Waals surface area contributed by atoms with E-state index in [2.05, 4.69) is 5.10 Å². The first kappa shape index (κ1) is 21.3. The fraction of sp³-hybridized carbons (Fsp3) is 0.524. The number of aryl methyl sites for hydroxylation is 1. The Hall–Kier alpha value is -2.45. The molecule has 0 saturated carbocycles. The third-order valence-corrected chi connectivity index (χ3v) is 4.87. The molecule has 0 bridgehead atoms. The number of benzene rings is 1. The van der Waals surface area contributed by atoms with Crippen LogP contribution < -0.4 is 10.5 Å². The van der Waals surface area contributed by atoms with E-state index in [0.717, 1.165) is 43.3 Å². The normalized spacial score (nSPS) is 16.7. The van der Waals surface area contributed by atoms with Crippen molar-refractivity contribution in [2.45, 2.75) is 58.8 Å². The highest BCUT2D eigenvalue weighted by atomic mass is 19.1. The topological polar surface area (TPSA) is 88.6 Å². The van der Waals surface area contributed by atoms with Crippen molar-refractivity contribution in [3.05, 3.63) is 41.0 Å². The Bertz CT molecular complexity index is 847. The molecule has 1 atom stereocenters. The number of hydrogen-bond donors (Lipinski definition) is 1. The van der Waals surface area contributed by atoms with Crippen LogP contribution in [0.2, 0.25) is 0 Å². The average molecular weight is 405 g/mol. The lowest BCUT2D eigenvalue weighted by Gasteiger charge is -2.22. The van der Waals surface area contributed by atoms with Gasteiger partial charge in [0, 0.05) is 18.2 Å². The van der Waals surface area contributed by atoms with Gasteiger partial charge in [-0.1, -0.05) is 13.8 Å². The van der Waals surface area contributed by atoms with Gasteiger partial charge in [-0.2, -0.15) is 5.10 Å². The van der Waals surface area contributed by atoms with E-state index in [1.54, 1.807) is 0 Å². The number of nitrogens with zero attached hydrogens (tertiary/aromatic N) is 2. The van der Waals surface area contributed by atoms with Crippen LogP contribution >= 0.6 is 0 Å². The maximum Gasteiger partial charge on any atom is 0.248 e. The van der Waals surface area contributed by atoms with Crippen LogP contribution in [0.3, 0.4) is 0 Å². The summed E-state index contributed by atoms with van der Waals surface area (Å²) in [5.74, 6) is -0.487. The molecule has 1 aliphatic heterocycles. The number of aromatic nitrogens is 2. The number of amides is 1. The average Bonchev–Trinajstić information content (AvgIpc) is 3.04. The summed E-state index contributed by atoms with van der Waals surface area (Å²) in [6, 6.07) is 3.75. The van der Waals surface area contributed by atoms with E-state index in [0.29, 0.717) is 31.7 Å². The number of rotatable bonds is 9. The van der Waals surface area contributed by atoms with Crippen molar-refractivity contribution < 1.29 is 23.4 Å². The van der Waals surface area contributed by atoms with E-state index in [1.165, 1.54) is 12.1 Å². The van der Waals surface area contributed by atoms with Gasteiger partial charge in [0.15, 0.2) is 12.0 Å². The first-order chi connectivity index (χ1) is 14.0. The molecule has 0 spiro atoms. The second-order valence-electron chi connectivity index (χ2n) is 6.96. The number of nitrogens with two attached hydrogens (primary N) is 1. The summed E-state index contributed by atoms with van der Waals surface area (Å²) in [4.78, 5) is 11.4. The van der Waals surface area contributed by atoms with Crippen molar-refractivity contribution in [2.24, 2.45) is 5.73 Å². The van der Waals surface area contributed by atoms with Gasteiger partial charge in [-0.05, 0) is 44.2 Å². The summed E-state index contributed by atoms with van der Waals surface area (Å²) in [5, 5.41) is 4.64. The lowest BCUT2D eigenvalue weighted by atomic mass is 10.2. The van der Waals surface area contributed by atoms with Crippen molar-refractivity contribution in [1.29, 1.82) is 0 Å². The number of carbonyl (C=O) groups is 1. The van der Waals surface area contributed by atoms with Gasteiger partial charge in [0.2, 0.25) is 5.91 Å². The molecule has 2 N–H and O–H groups in total. The van der Waals surface area contributed by atoms with Crippen LogP contribution in [0, 0.1) is 5.82 Å². The van der Waals surface area contributed by atoms with E-state index < -0.39 is 11.7 Å². The minimum atomic E-state index is -0.710. The highest BCUT2D eigenvalue weighted by Gasteiger charge is 2.20. The van der Waals surface area contributed by atoms with Crippen molar-refractivity contribution in [3.8, 4) is 11.5 Å². The molecular weight excluding hydrogens is 377 g/mol. The lowest BCUT2D eigenvalue weighted by Crippen LogP contribution is -2.24.